The second-order valence-electron chi connectivity index (χ2n) is 5.56. The fourth-order valence-corrected chi connectivity index (χ4v) is 2.98. The minimum atomic E-state index is 0.515. The largest absolute Gasteiger partial charge is 0.0953 e. The zero-order valence-corrected chi connectivity index (χ0v) is 12.3. The van der Waals surface area contributed by atoms with Crippen molar-refractivity contribution in [3.63, 3.8) is 0 Å². The van der Waals surface area contributed by atoms with Crippen LogP contribution in [-0.4, -0.2) is 0 Å². The maximum atomic E-state index is 4.33. The Morgan fingerprint density at radius 3 is 2.63 bits per heavy atom. The van der Waals surface area contributed by atoms with Crippen LogP contribution in [0.1, 0.15) is 43.7 Å². The van der Waals surface area contributed by atoms with Crippen molar-refractivity contribution in [3.05, 3.63) is 71.3 Å². The van der Waals surface area contributed by atoms with Crippen molar-refractivity contribution >= 4 is 0 Å². The van der Waals surface area contributed by atoms with Crippen molar-refractivity contribution in [2.45, 2.75) is 39.5 Å². The number of benzene rings is 1. The van der Waals surface area contributed by atoms with Crippen molar-refractivity contribution in [1.29, 1.82) is 0 Å². The Hall–Kier alpha value is -1.56. The first-order chi connectivity index (χ1) is 9.15. The lowest BCUT2D eigenvalue weighted by Gasteiger charge is -2.33. The highest BCUT2D eigenvalue weighted by molar-refractivity contribution is 5.46. The fourth-order valence-electron chi connectivity index (χ4n) is 2.98. The quantitative estimate of drug-likeness (QED) is 0.645. The highest BCUT2D eigenvalue weighted by atomic mass is 14.3. The number of rotatable bonds is 2. The monoisotopic (exact) mass is 252 g/mol. The lowest BCUT2D eigenvalue weighted by Crippen LogP contribution is -2.17. The first-order valence-electron chi connectivity index (χ1n) is 7.22. The molecule has 0 bridgehead atoms. The van der Waals surface area contributed by atoms with E-state index in [0.717, 1.165) is 0 Å². The average Bonchev–Trinajstić information content (AvgIpc) is 2.41. The molecule has 0 radical (unpaired) electrons. The Bertz CT molecular complexity index is 517. The molecule has 1 aromatic rings. The number of allylic oxidation sites excluding steroid dienone is 5. The SMILES string of the molecule is C=C1C(=CC=CC)C(c2ccccc2C)CCC1C. The van der Waals surface area contributed by atoms with E-state index in [4.69, 9.17) is 0 Å². The van der Waals surface area contributed by atoms with Crippen LogP contribution < -0.4 is 0 Å². The summed E-state index contributed by atoms with van der Waals surface area (Å²) in [5, 5.41) is 0. The standard InChI is InChI=1S/C19H24/c1-5-6-10-18-16(4)14(2)12-13-19(18)17-11-8-7-9-15(17)3/h5-11,14,19H,4,12-13H2,1-3H3. The molecular formula is C19H24. The van der Waals surface area contributed by atoms with E-state index in [1.54, 1.807) is 0 Å². The van der Waals surface area contributed by atoms with Gasteiger partial charge in [-0.15, -0.1) is 0 Å². The molecule has 0 spiro atoms. The van der Waals surface area contributed by atoms with Crippen molar-refractivity contribution in [1.82, 2.24) is 0 Å². The molecule has 1 aromatic carbocycles. The van der Waals surface area contributed by atoms with Crippen molar-refractivity contribution in [2.75, 3.05) is 0 Å². The summed E-state index contributed by atoms with van der Waals surface area (Å²) in [6.07, 6.45) is 8.97. The molecule has 0 amide bonds. The van der Waals surface area contributed by atoms with Crippen molar-refractivity contribution < 1.29 is 0 Å². The summed E-state index contributed by atoms with van der Waals surface area (Å²) in [6, 6.07) is 8.75. The summed E-state index contributed by atoms with van der Waals surface area (Å²) in [5.74, 6) is 1.12. The average molecular weight is 252 g/mol. The molecular weight excluding hydrogens is 228 g/mol. The van der Waals surface area contributed by atoms with Gasteiger partial charge < -0.3 is 0 Å². The molecule has 2 rings (SSSR count). The van der Waals surface area contributed by atoms with Gasteiger partial charge in [0, 0.05) is 5.92 Å². The molecule has 0 N–H and O–H groups in total. The van der Waals surface area contributed by atoms with Crippen LogP contribution in [0.3, 0.4) is 0 Å². The van der Waals surface area contributed by atoms with E-state index in [1.807, 2.05) is 0 Å². The van der Waals surface area contributed by atoms with E-state index in [-0.39, 0.29) is 0 Å². The van der Waals surface area contributed by atoms with Crippen LogP contribution in [0, 0.1) is 12.8 Å². The highest BCUT2D eigenvalue weighted by Crippen LogP contribution is 2.43. The maximum absolute atomic E-state index is 4.33. The predicted molar refractivity (Wildman–Crippen MR) is 84.4 cm³/mol. The first kappa shape index (κ1) is 13.9. The van der Waals surface area contributed by atoms with Gasteiger partial charge in [0.1, 0.15) is 0 Å². The highest BCUT2D eigenvalue weighted by Gasteiger charge is 2.27. The second-order valence-corrected chi connectivity index (χ2v) is 5.56. The molecule has 1 aliphatic carbocycles. The molecule has 2 unspecified atom stereocenters. The van der Waals surface area contributed by atoms with Gasteiger partial charge in [-0.2, -0.15) is 0 Å². The summed E-state index contributed by atoms with van der Waals surface area (Å²) < 4.78 is 0. The second kappa shape index (κ2) is 6.06. The molecule has 0 nitrogen and oxygen atoms in total. The Morgan fingerprint density at radius 1 is 1.21 bits per heavy atom. The van der Waals surface area contributed by atoms with Crippen LogP contribution in [0.5, 0.6) is 0 Å². The summed E-state index contributed by atoms with van der Waals surface area (Å²) in [4.78, 5) is 0. The Morgan fingerprint density at radius 2 is 1.95 bits per heavy atom. The van der Waals surface area contributed by atoms with E-state index in [2.05, 4.69) is 69.8 Å². The summed E-state index contributed by atoms with van der Waals surface area (Å²) in [5.41, 5.74) is 5.59. The molecule has 0 heterocycles. The third-order valence-corrected chi connectivity index (χ3v) is 4.26. The van der Waals surface area contributed by atoms with Gasteiger partial charge in [0.05, 0.1) is 0 Å². The van der Waals surface area contributed by atoms with Gasteiger partial charge in [-0.05, 0) is 54.9 Å². The van der Waals surface area contributed by atoms with Crippen LogP contribution in [0.15, 0.2) is 60.2 Å². The van der Waals surface area contributed by atoms with Crippen molar-refractivity contribution in [3.8, 4) is 0 Å². The molecule has 1 fully saturated rings. The van der Waals surface area contributed by atoms with Gasteiger partial charge >= 0.3 is 0 Å². The molecule has 0 heteroatoms. The van der Waals surface area contributed by atoms with Crippen LogP contribution in [-0.2, 0) is 0 Å². The van der Waals surface area contributed by atoms with Crippen LogP contribution in [0.25, 0.3) is 0 Å². The van der Waals surface area contributed by atoms with Crippen LogP contribution >= 0.6 is 0 Å². The van der Waals surface area contributed by atoms with Gasteiger partial charge in [0.15, 0.2) is 0 Å². The normalized spacial score (nSPS) is 26.3. The molecule has 0 aromatic heterocycles. The number of aryl methyl sites for hydroxylation is 1. The van der Waals surface area contributed by atoms with E-state index >= 15 is 0 Å². The summed E-state index contributed by atoms with van der Waals surface area (Å²) in [6.45, 7) is 10.9. The third-order valence-electron chi connectivity index (χ3n) is 4.26. The van der Waals surface area contributed by atoms with Crippen LogP contribution in [0.4, 0.5) is 0 Å². The third kappa shape index (κ3) is 2.89. The summed E-state index contributed by atoms with van der Waals surface area (Å²) in [7, 11) is 0. The minimum absolute atomic E-state index is 0.515. The summed E-state index contributed by atoms with van der Waals surface area (Å²) >= 11 is 0. The number of hydrogen-bond acceptors (Lipinski definition) is 0. The maximum Gasteiger partial charge on any atom is 0.00947 e. The topological polar surface area (TPSA) is 0 Å². The molecule has 0 saturated heterocycles. The Balaban J connectivity index is 2.43. The molecule has 1 aliphatic rings. The molecule has 100 valence electrons. The van der Waals surface area contributed by atoms with Gasteiger partial charge in [0.2, 0.25) is 0 Å². The Labute approximate surface area is 117 Å². The number of hydrogen-bond donors (Lipinski definition) is 0. The van der Waals surface area contributed by atoms with Gasteiger partial charge in [-0.25, -0.2) is 0 Å². The molecule has 1 saturated carbocycles. The zero-order chi connectivity index (χ0) is 13.8. The van der Waals surface area contributed by atoms with Crippen LogP contribution in [0.2, 0.25) is 0 Å². The zero-order valence-electron chi connectivity index (χ0n) is 12.3. The van der Waals surface area contributed by atoms with Crippen molar-refractivity contribution in [2.24, 2.45) is 5.92 Å². The molecule has 2 atom stereocenters. The molecule has 19 heavy (non-hydrogen) atoms. The van der Waals surface area contributed by atoms with E-state index in [0.29, 0.717) is 11.8 Å². The lowest BCUT2D eigenvalue weighted by molar-refractivity contribution is 0.500. The smallest absolute Gasteiger partial charge is 0.00947 e. The molecule has 0 aliphatic heterocycles. The van der Waals surface area contributed by atoms with Gasteiger partial charge in [0.25, 0.3) is 0 Å². The minimum Gasteiger partial charge on any atom is -0.0953 e. The van der Waals surface area contributed by atoms with Gasteiger partial charge in [-0.1, -0.05) is 56.0 Å². The first-order valence-corrected chi connectivity index (χ1v) is 7.22. The lowest BCUT2D eigenvalue weighted by atomic mass is 9.72. The fraction of sp³-hybridized carbons (Fsp3) is 0.368. The predicted octanol–water partition coefficient (Wildman–Crippen LogP) is 5.57. The van der Waals surface area contributed by atoms with E-state index in [9.17, 15) is 0 Å². The van der Waals surface area contributed by atoms with E-state index < -0.39 is 0 Å². The Kier molecular flexibility index (Phi) is 4.42. The van der Waals surface area contributed by atoms with Gasteiger partial charge in [-0.3, -0.25) is 0 Å². The van der Waals surface area contributed by atoms with E-state index in [1.165, 1.54) is 35.1 Å².